The molecular weight excluding hydrogens is 350 g/mol. The number of carbonyl (C=O) groups is 2. The van der Waals surface area contributed by atoms with E-state index >= 15 is 0 Å². The molecule has 2 rings (SSSR count). The van der Waals surface area contributed by atoms with Gasteiger partial charge in [-0.1, -0.05) is 0 Å². The highest BCUT2D eigenvalue weighted by Gasteiger charge is 2.21. The molecule has 0 radical (unpaired) electrons. The van der Waals surface area contributed by atoms with Crippen molar-refractivity contribution < 1.29 is 14.3 Å². The maximum absolute atomic E-state index is 12.2. The van der Waals surface area contributed by atoms with E-state index in [9.17, 15) is 14.4 Å². The Morgan fingerprint density at radius 1 is 1.38 bits per heavy atom. The first-order valence-electron chi connectivity index (χ1n) is 7.31. The number of nitrogens with zero attached hydrogens (tertiary/aromatic N) is 1. The summed E-state index contributed by atoms with van der Waals surface area (Å²) in [5, 5.41) is 0.105. The summed E-state index contributed by atoms with van der Waals surface area (Å²) in [6.07, 6.45) is -0.966. The molecule has 0 aliphatic heterocycles. The highest BCUT2D eigenvalue weighted by molar-refractivity contribution is 7.99. The van der Waals surface area contributed by atoms with Gasteiger partial charge in [0.25, 0.3) is 11.5 Å². The highest BCUT2D eigenvalue weighted by Crippen LogP contribution is 2.26. The molecule has 7 nitrogen and oxygen atoms in total. The summed E-state index contributed by atoms with van der Waals surface area (Å²) >= 11 is 2.74. The monoisotopic (exact) mass is 369 g/mol. The lowest BCUT2D eigenvalue weighted by molar-refractivity contribution is -0.152. The fourth-order valence-corrected chi connectivity index (χ4v) is 3.75. The largest absolute Gasteiger partial charge is 0.452 e. The zero-order valence-corrected chi connectivity index (χ0v) is 15.5. The molecule has 0 spiro atoms. The smallest absolute Gasteiger partial charge is 0.319 e. The summed E-state index contributed by atoms with van der Waals surface area (Å²) < 4.78 is 4.95. The Morgan fingerprint density at radius 3 is 2.67 bits per heavy atom. The minimum Gasteiger partial charge on any atom is -0.452 e. The summed E-state index contributed by atoms with van der Waals surface area (Å²) in [4.78, 5) is 43.9. The predicted octanol–water partition coefficient (Wildman–Crippen LogP) is 1.64. The van der Waals surface area contributed by atoms with Crippen molar-refractivity contribution >= 4 is 45.2 Å². The van der Waals surface area contributed by atoms with Gasteiger partial charge in [-0.2, -0.15) is 0 Å². The molecule has 0 fully saturated rings. The van der Waals surface area contributed by atoms with Gasteiger partial charge >= 0.3 is 5.97 Å². The third-order valence-corrected chi connectivity index (χ3v) is 5.82. The van der Waals surface area contributed by atoms with Crippen molar-refractivity contribution in [2.45, 2.75) is 44.8 Å². The number of thioether (sulfide) groups is 1. The van der Waals surface area contributed by atoms with Crippen LogP contribution in [-0.2, 0) is 20.1 Å². The molecule has 1 amide bonds. The van der Waals surface area contributed by atoms with Gasteiger partial charge in [-0.15, -0.1) is 23.1 Å². The van der Waals surface area contributed by atoms with Crippen molar-refractivity contribution in [1.82, 2.24) is 9.97 Å². The molecule has 24 heavy (non-hydrogen) atoms. The minimum atomic E-state index is -0.966. The second-order valence-electron chi connectivity index (χ2n) is 5.41. The average molecular weight is 369 g/mol. The summed E-state index contributed by atoms with van der Waals surface area (Å²) in [7, 11) is 0. The van der Waals surface area contributed by atoms with E-state index in [1.165, 1.54) is 30.0 Å². The van der Waals surface area contributed by atoms with E-state index in [0.717, 1.165) is 10.4 Å². The fourth-order valence-electron chi connectivity index (χ4n) is 1.97. The number of fused-ring (bicyclic) bond motifs is 1. The van der Waals surface area contributed by atoms with Crippen molar-refractivity contribution in [3.8, 4) is 0 Å². The van der Waals surface area contributed by atoms with Crippen molar-refractivity contribution in [2.75, 3.05) is 0 Å². The number of hydrogen-bond acceptors (Lipinski definition) is 7. The van der Waals surface area contributed by atoms with Crippen LogP contribution in [0, 0.1) is 13.8 Å². The number of rotatable bonds is 6. The number of aryl methyl sites for hydroxylation is 2. The quantitative estimate of drug-likeness (QED) is 0.748. The van der Waals surface area contributed by atoms with E-state index < -0.39 is 23.2 Å². The molecule has 0 bridgehead atoms. The molecule has 130 valence electrons. The molecule has 2 aromatic heterocycles. The van der Waals surface area contributed by atoms with Crippen LogP contribution in [0.25, 0.3) is 10.2 Å². The Hall–Kier alpha value is -1.87. The van der Waals surface area contributed by atoms with E-state index in [4.69, 9.17) is 10.5 Å². The molecule has 2 aromatic rings. The van der Waals surface area contributed by atoms with Crippen LogP contribution in [-0.4, -0.2) is 33.2 Å². The van der Waals surface area contributed by atoms with Gasteiger partial charge in [0, 0.05) is 4.88 Å². The van der Waals surface area contributed by atoms with Crippen LogP contribution in [0.2, 0.25) is 0 Å². The lowest BCUT2D eigenvalue weighted by Gasteiger charge is -2.14. The van der Waals surface area contributed by atoms with Gasteiger partial charge in [0.1, 0.15) is 15.9 Å². The molecule has 0 aliphatic carbocycles. The van der Waals surface area contributed by atoms with Gasteiger partial charge in [-0.3, -0.25) is 14.4 Å². The maximum Gasteiger partial charge on any atom is 0.319 e. The van der Waals surface area contributed by atoms with Crippen LogP contribution in [0.3, 0.4) is 0 Å². The zero-order chi connectivity index (χ0) is 18.0. The first kappa shape index (κ1) is 18.5. The van der Waals surface area contributed by atoms with E-state index in [-0.39, 0.29) is 5.56 Å². The maximum atomic E-state index is 12.2. The summed E-state index contributed by atoms with van der Waals surface area (Å²) in [5.74, 6) is -0.373. The van der Waals surface area contributed by atoms with Crippen LogP contribution < -0.4 is 11.3 Å². The van der Waals surface area contributed by atoms with Crippen molar-refractivity contribution in [2.24, 2.45) is 5.73 Å². The van der Waals surface area contributed by atoms with Crippen LogP contribution >= 0.6 is 23.1 Å². The Kier molecular flexibility index (Phi) is 5.66. The topological polar surface area (TPSA) is 115 Å². The summed E-state index contributed by atoms with van der Waals surface area (Å²) in [6, 6.07) is 0. The van der Waals surface area contributed by atoms with E-state index in [1.54, 1.807) is 6.92 Å². The SMILES string of the molecule is Cc1sc2nc(CS[C@@H](C)C(=O)O[C@H](C)C(N)=O)[nH]c(=O)c2c1C. The Bertz CT molecular complexity index is 843. The summed E-state index contributed by atoms with van der Waals surface area (Å²) in [6.45, 7) is 6.94. The Morgan fingerprint density at radius 2 is 2.04 bits per heavy atom. The molecule has 3 N–H and O–H groups in total. The number of nitrogens with one attached hydrogen (secondary N) is 1. The van der Waals surface area contributed by atoms with Gasteiger partial charge in [0.15, 0.2) is 6.10 Å². The molecule has 9 heteroatoms. The fraction of sp³-hybridized carbons (Fsp3) is 0.467. The Labute approximate surface area is 147 Å². The van der Waals surface area contributed by atoms with Gasteiger partial charge in [0.05, 0.1) is 11.1 Å². The Balaban J connectivity index is 2.06. The van der Waals surface area contributed by atoms with Gasteiger partial charge < -0.3 is 15.5 Å². The number of hydrogen-bond donors (Lipinski definition) is 2. The van der Waals surface area contributed by atoms with E-state index in [2.05, 4.69) is 9.97 Å². The number of aromatic nitrogens is 2. The number of ether oxygens (including phenoxy) is 1. The van der Waals surface area contributed by atoms with Gasteiger partial charge in [0.2, 0.25) is 0 Å². The highest BCUT2D eigenvalue weighted by atomic mass is 32.2. The second kappa shape index (κ2) is 7.35. The number of nitrogens with two attached hydrogens (primary N) is 1. The standard InChI is InChI=1S/C15H19N3O4S2/c1-6-8(3)24-14-11(6)13(20)17-10(18-14)5-23-9(4)15(21)22-7(2)12(16)19/h7,9H,5H2,1-4H3,(H2,16,19)(H,17,18,20)/t7-,9+/m1/s1. The number of thiophene rings is 1. The normalized spacial score (nSPS) is 13.7. The third-order valence-electron chi connectivity index (χ3n) is 3.58. The van der Waals surface area contributed by atoms with Gasteiger partial charge in [-0.05, 0) is 33.3 Å². The number of amides is 1. The number of primary amides is 1. The molecule has 2 heterocycles. The van der Waals surface area contributed by atoms with Crippen LogP contribution in [0.4, 0.5) is 0 Å². The van der Waals surface area contributed by atoms with Crippen LogP contribution in [0.5, 0.6) is 0 Å². The molecule has 2 atom stereocenters. The minimum absolute atomic E-state index is 0.171. The number of esters is 1. The van der Waals surface area contributed by atoms with Gasteiger partial charge in [-0.25, -0.2) is 4.98 Å². The van der Waals surface area contributed by atoms with Crippen molar-refractivity contribution in [3.05, 3.63) is 26.6 Å². The first-order valence-corrected chi connectivity index (χ1v) is 9.17. The van der Waals surface area contributed by atoms with Crippen molar-refractivity contribution in [1.29, 1.82) is 0 Å². The zero-order valence-electron chi connectivity index (χ0n) is 13.8. The molecule has 0 saturated heterocycles. The third kappa shape index (κ3) is 3.96. The molecule has 0 unspecified atom stereocenters. The molecular formula is C15H19N3O4S2. The lowest BCUT2D eigenvalue weighted by atomic mass is 10.2. The van der Waals surface area contributed by atoms with Crippen molar-refractivity contribution in [3.63, 3.8) is 0 Å². The van der Waals surface area contributed by atoms with Crippen LogP contribution in [0.1, 0.15) is 30.1 Å². The second-order valence-corrected chi connectivity index (χ2v) is 7.94. The number of aromatic amines is 1. The van der Waals surface area contributed by atoms with E-state index in [1.807, 2.05) is 13.8 Å². The molecule has 0 aromatic carbocycles. The predicted molar refractivity (Wildman–Crippen MR) is 95.2 cm³/mol. The summed E-state index contributed by atoms with van der Waals surface area (Å²) in [5.41, 5.74) is 5.84. The van der Waals surface area contributed by atoms with Crippen LogP contribution in [0.15, 0.2) is 4.79 Å². The molecule has 0 saturated carbocycles. The average Bonchev–Trinajstić information content (AvgIpc) is 2.79. The first-order chi connectivity index (χ1) is 11.2. The lowest BCUT2D eigenvalue weighted by Crippen LogP contribution is -2.33. The molecule has 0 aliphatic rings. The number of carbonyl (C=O) groups excluding carboxylic acids is 2. The van der Waals surface area contributed by atoms with E-state index in [0.29, 0.717) is 21.8 Å². The number of H-pyrrole nitrogens is 1.